The fraction of sp³-hybridized carbons (Fsp3) is 0.125. The predicted molar refractivity (Wildman–Crippen MR) is 113 cm³/mol. The summed E-state index contributed by atoms with van der Waals surface area (Å²) in [6.45, 7) is 0.417. The number of anilines is 1. The van der Waals surface area contributed by atoms with E-state index in [0.29, 0.717) is 41.1 Å². The molecule has 3 aromatic carbocycles. The van der Waals surface area contributed by atoms with Gasteiger partial charge in [0.15, 0.2) is 12.4 Å². The number of rotatable bonds is 6. The van der Waals surface area contributed by atoms with Crippen LogP contribution in [0.5, 0.6) is 5.75 Å². The highest BCUT2D eigenvalue weighted by Gasteiger charge is 2.21. The Bertz CT molecular complexity index is 1110. The van der Waals surface area contributed by atoms with E-state index in [4.69, 9.17) is 4.74 Å². The van der Waals surface area contributed by atoms with Gasteiger partial charge in [-0.15, -0.1) is 0 Å². The molecule has 150 valence electrons. The van der Waals surface area contributed by atoms with Gasteiger partial charge in [-0.2, -0.15) is 0 Å². The molecule has 1 aliphatic rings. The summed E-state index contributed by atoms with van der Waals surface area (Å²) in [6.07, 6.45) is 0.702. The van der Waals surface area contributed by atoms with Gasteiger partial charge in [0, 0.05) is 17.7 Å². The van der Waals surface area contributed by atoms with E-state index < -0.39 is 0 Å². The Morgan fingerprint density at radius 1 is 0.933 bits per heavy atom. The zero-order valence-electron chi connectivity index (χ0n) is 16.2. The number of benzene rings is 3. The Labute approximate surface area is 173 Å². The number of hydrogen-bond donors (Lipinski definition) is 2. The normalized spacial score (nSPS) is 12.3. The molecule has 6 nitrogen and oxygen atoms in total. The minimum atomic E-state index is -0.301. The number of ether oxygens (including phenoxy) is 1. The van der Waals surface area contributed by atoms with Crippen molar-refractivity contribution in [3.63, 3.8) is 0 Å². The summed E-state index contributed by atoms with van der Waals surface area (Å²) in [4.78, 5) is 37.4. The van der Waals surface area contributed by atoms with Gasteiger partial charge in [0.1, 0.15) is 5.75 Å². The standard InChI is InChI=1S/C24H20N2O4/c27-22-15-30-21-11-10-17(14-20(21)26-22)23(28)18-8-4-5-9-19(18)24(29)25-13-12-16-6-2-1-3-7-16/h1-11,14H,12-13,15H2,(H,25,29)(H,26,27). The number of carbonyl (C=O) groups is 3. The van der Waals surface area contributed by atoms with Crippen molar-refractivity contribution < 1.29 is 19.1 Å². The Balaban J connectivity index is 1.51. The third-order valence-electron chi connectivity index (χ3n) is 4.83. The Morgan fingerprint density at radius 3 is 2.47 bits per heavy atom. The second-order valence-corrected chi connectivity index (χ2v) is 6.91. The number of amides is 2. The van der Waals surface area contributed by atoms with Crippen molar-refractivity contribution in [2.24, 2.45) is 0 Å². The molecule has 1 heterocycles. The minimum absolute atomic E-state index is 0.0493. The van der Waals surface area contributed by atoms with Crippen LogP contribution in [-0.2, 0) is 11.2 Å². The van der Waals surface area contributed by atoms with Gasteiger partial charge < -0.3 is 15.4 Å². The van der Waals surface area contributed by atoms with E-state index in [2.05, 4.69) is 10.6 Å². The van der Waals surface area contributed by atoms with Gasteiger partial charge in [0.25, 0.3) is 11.8 Å². The molecule has 0 radical (unpaired) electrons. The van der Waals surface area contributed by atoms with Crippen molar-refractivity contribution in [3.8, 4) is 5.75 Å². The molecule has 6 heteroatoms. The lowest BCUT2D eigenvalue weighted by atomic mass is 9.97. The third kappa shape index (κ3) is 4.22. The summed E-state index contributed by atoms with van der Waals surface area (Å²) in [5.74, 6) is -0.362. The molecule has 0 fully saturated rings. The molecule has 0 atom stereocenters. The molecule has 0 saturated heterocycles. The fourth-order valence-electron chi connectivity index (χ4n) is 3.32. The van der Waals surface area contributed by atoms with Crippen LogP contribution in [0.3, 0.4) is 0 Å². The summed E-state index contributed by atoms with van der Waals surface area (Å²) < 4.78 is 5.33. The van der Waals surface area contributed by atoms with E-state index in [0.717, 1.165) is 5.56 Å². The number of nitrogens with one attached hydrogen (secondary N) is 2. The lowest BCUT2D eigenvalue weighted by Crippen LogP contribution is -2.27. The predicted octanol–water partition coefficient (Wildman–Crippen LogP) is 3.22. The van der Waals surface area contributed by atoms with E-state index in [9.17, 15) is 14.4 Å². The van der Waals surface area contributed by atoms with E-state index in [1.54, 1.807) is 42.5 Å². The van der Waals surface area contributed by atoms with Gasteiger partial charge in [-0.05, 0) is 36.2 Å². The van der Waals surface area contributed by atoms with Crippen LogP contribution < -0.4 is 15.4 Å². The van der Waals surface area contributed by atoms with Crippen LogP contribution in [0, 0.1) is 0 Å². The van der Waals surface area contributed by atoms with E-state index in [-0.39, 0.29) is 24.2 Å². The molecule has 2 N–H and O–H groups in total. The van der Waals surface area contributed by atoms with Gasteiger partial charge >= 0.3 is 0 Å². The first kappa shape index (κ1) is 19.4. The van der Waals surface area contributed by atoms with Crippen LogP contribution >= 0.6 is 0 Å². The maximum absolute atomic E-state index is 13.1. The first-order valence-electron chi connectivity index (χ1n) is 9.64. The highest BCUT2D eigenvalue weighted by molar-refractivity contribution is 6.16. The molecule has 1 aliphatic heterocycles. The molecule has 0 bridgehead atoms. The molecule has 4 rings (SSSR count). The maximum atomic E-state index is 13.1. The average molecular weight is 400 g/mol. The molecule has 2 amide bonds. The molecule has 0 aliphatic carbocycles. The van der Waals surface area contributed by atoms with Crippen LogP contribution in [0.2, 0.25) is 0 Å². The first-order chi connectivity index (χ1) is 14.6. The largest absolute Gasteiger partial charge is 0.482 e. The van der Waals surface area contributed by atoms with Crippen LogP contribution in [-0.4, -0.2) is 30.7 Å². The maximum Gasteiger partial charge on any atom is 0.262 e. The molecule has 0 saturated carbocycles. The van der Waals surface area contributed by atoms with Gasteiger partial charge in [-0.1, -0.05) is 48.5 Å². The van der Waals surface area contributed by atoms with E-state index >= 15 is 0 Å². The van der Waals surface area contributed by atoms with Crippen molar-refractivity contribution >= 4 is 23.3 Å². The molecule has 0 aromatic heterocycles. The molecule has 0 spiro atoms. The number of ketones is 1. The van der Waals surface area contributed by atoms with Gasteiger partial charge in [0.2, 0.25) is 0 Å². The Morgan fingerprint density at radius 2 is 1.67 bits per heavy atom. The van der Waals surface area contributed by atoms with Crippen LogP contribution in [0.4, 0.5) is 5.69 Å². The Kier molecular flexibility index (Phi) is 5.57. The summed E-state index contributed by atoms with van der Waals surface area (Å²) in [7, 11) is 0. The average Bonchev–Trinajstić information content (AvgIpc) is 2.78. The number of hydrogen-bond acceptors (Lipinski definition) is 4. The van der Waals surface area contributed by atoms with Gasteiger partial charge in [-0.25, -0.2) is 0 Å². The SMILES string of the molecule is O=C1COc2ccc(C(=O)c3ccccc3C(=O)NCCc3ccccc3)cc2N1. The van der Waals surface area contributed by atoms with Crippen molar-refractivity contribution in [2.75, 3.05) is 18.5 Å². The van der Waals surface area contributed by atoms with Crippen molar-refractivity contribution in [1.82, 2.24) is 5.32 Å². The molecule has 0 unspecified atom stereocenters. The number of fused-ring (bicyclic) bond motifs is 1. The minimum Gasteiger partial charge on any atom is -0.482 e. The highest BCUT2D eigenvalue weighted by atomic mass is 16.5. The topological polar surface area (TPSA) is 84.5 Å². The molecular formula is C24H20N2O4. The lowest BCUT2D eigenvalue weighted by Gasteiger charge is -2.18. The zero-order valence-corrected chi connectivity index (χ0v) is 16.2. The van der Waals surface area contributed by atoms with Crippen molar-refractivity contribution in [1.29, 1.82) is 0 Å². The molecule has 3 aromatic rings. The summed E-state index contributed by atoms with van der Waals surface area (Å²) >= 11 is 0. The lowest BCUT2D eigenvalue weighted by molar-refractivity contribution is -0.118. The van der Waals surface area contributed by atoms with Gasteiger partial charge in [-0.3, -0.25) is 14.4 Å². The highest BCUT2D eigenvalue weighted by Crippen LogP contribution is 2.29. The van der Waals surface area contributed by atoms with Crippen LogP contribution in [0.15, 0.2) is 72.8 Å². The second kappa shape index (κ2) is 8.61. The van der Waals surface area contributed by atoms with E-state index in [1.165, 1.54) is 0 Å². The van der Waals surface area contributed by atoms with Gasteiger partial charge in [0.05, 0.1) is 11.3 Å². The zero-order chi connectivity index (χ0) is 20.9. The quantitative estimate of drug-likeness (QED) is 0.623. The summed E-state index contributed by atoms with van der Waals surface area (Å²) in [6, 6.07) is 21.4. The fourth-order valence-corrected chi connectivity index (χ4v) is 3.32. The first-order valence-corrected chi connectivity index (χ1v) is 9.64. The smallest absolute Gasteiger partial charge is 0.262 e. The molecular weight excluding hydrogens is 380 g/mol. The van der Waals surface area contributed by atoms with E-state index in [1.807, 2.05) is 30.3 Å². The Hall–Kier alpha value is -3.93. The summed E-state index contributed by atoms with van der Waals surface area (Å²) in [5, 5.41) is 5.57. The third-order valence-corrected chi connectivity index (χ3v) is 4.83. The van der Waals surface area contributed by atoms with Crippen molar-refractivity contribution in [3.05, 3.63) is 95.1 Å². The second-order valence-electron chi connectivity index (χ2n) is 6.91. The monoisotopic (exact) mass is 400 g/mol. The molecule has 30 heavy (non-hydrogen) atoms. The van der Waals surface area contributed by atoms with Crippen LogP contribution in [0.1, 0.15) is 31.8 Å². The summed E-state index contributed by atoms with van der Waals surface area (Å²) in [5.41, 5.74) is 2.55. The van der Waals surface area contributed by atoms with Crippen LogP contribution in [0.25, 0.3) is 0 Å². The number of carbonyl (C=O) groups excluding carboxylic acids is 3. The van der Waals surface area contributed by atoms with Crippen molar-refractivity contribution in [2.45, 2.75) is 6.42 Å².